The van der Waals surface area contributed by atoms with E-state index in [4.69, 9.17) is 19.2 Å². The van der Waals surface area contributed by atoms with E-state index in [2.05, 4.69) is 57.0 Å². The van der Waals surface area contributed by atoms with E-state index in [-0.39, 0.29) is 77.7 Å². The normalized spacial score (nSPS) is 28.1. The van der Waals surface area contributed by atoms with Gasteiger partial charge in [-0.05, 0) is 169 Å². The van der Waals surface area contributed by atoms with E-state index < -0.39 is 29.6 Å². The molecule has 2 bridgehead atoms. The van der Waals surface area contributed by atoms with E-state index in [1.54, 1.807) is 24.5 Å². The lowest BCUT2D eigenvalue weighted by atomic mass is 9.56. The summed E-state index contributed by atoms with van der Waals surface area (Å²) in [6.45, 7) is 9.11. The summed E-state index contributed by atoms with van der Waals surface area (Å²) in [5, 5.41) is 24.1. The Kier molecular flexibility index (Phi) is 14.6. The summed E-state index contributed by atoms with van der Waals surface area (Å²) in [6, 6.07) is 16.9. The molecule has 4 fully saturated rings. The first-order chi connectivity index (χ1) is 38.5. The van der Waals surface area contributed by atoms with Crippen LogP contribution in [0.4, 0.5) is 5.69 Å². The SMILES string of the molecule is CC[C@@]1(O)C(=O)OCc2c1cc1n(c2=O)Cc2cc3c(CN(C)C)c(OC(O)N4C5CCC4CN(CCCCCCN(C)c4ccc([C@H]6CC7[C@@H](CC[C@]7(OC(C)=O)C(C)=O)[C@@H]7CCC8=CC(=O)CCC8=C76)cc4)C5)ccc3nc2-1. The highest BCUT2D eigenvalue weighted by Crippen LogP contribution is 2.62. The first kappa shape index (κ1) is 54.5. The Balaban J connectivity index is 0.650. The van der Waals surface area contributed by atoms with Crippen molar-refractivity contribution in [1.82, 2.24) is 24.3 Å². The number of fused-ring (bicyclic) bond motifs is 11. The molecular weight excluding hydrogens is 1010 g/mol. The maximum absolute atomic E-state index is 13.8. The summed E-state index contributed by atoms with van der Waals surface area (Å²) < 4.78 is 19.5. The number of Topliss-reactive ketones (excluding diaryl/α,β-unsaturated/α-hetero) is 1. The number of rotatable bonds is 17. The topological polar surface area (TPSA) is 184 Å². The van der Waals surface area contributed by atoms with Crippen LogP contribution >= 0.6 is 0 Å². The molecule has 6 heterocycles. The Morgan fingerprint density at radius 3 is 2.41 bits per heavy atom. The minimum absolute atomic E-state index is 0.0369. The number of aliphatic hydroxyl groups is 2. The Hall–Kier alpha value is -6.04. The van der Waals surface area contributed by atoms with Gasteiger partial charge in [-0.2, -0.15) is 0 Å². The molecule has 2 saturated heterocycles. The molecule has 4 aliphatic heterocycles. The summed E-state index contributed by atoms with van der Waals surface area (Å²) in [5.74, 6) is 0.268. The van der Waals surface area contributed by atoms with Crippen LogP contribution in [0.2, 0.25) is 0 Å². The molecule has 2 aromatic carbocycles. The van der Waals surface area contributed by atoms with Crippen molar-refractivity contribution in [3.05, 3.63) is 109 Å². The molecule has 2 N–H and O–H groups in total. The minimum Gasteiger partial charge on any atom is -0.458 e. The number of anilines is 1. The average molecular weight is 1090 g/mol. The summed E-state index contributed by atoms with van der Waals surface area (Å²) in [5.41, 5.74) is 7.40. The van der Waals surface area contributed by atoms with Gasteiger partial charge in [0.1, 0.15) is 12.4 Å². The Labute approximate surface area is 468 Å². The number of ketones is 2. The number of piperazine rings is 1. The molecule has 16 heteroatoms. The molecule has 4 unspecified atom stereocenters. The van der Waals surface area contributed by atoms with Crippen molar-refractivity contribution in [2.45, 2.75) is 166 Å². The van der Waals surface area contributed by atoms with Gasteiger partial charge in [0, 0.05) is 98.3 Å². The molecule has 9 atom stereocenters. The van der Waals surface area contributed by atoms with Gasteiger partial charge < -0.3 is 43.7 Å². The first-order valence-electron chi connectivity index (χ1n) is 29.6. The zero-order valence-electron chi connectivity index (χ0n) is 47.4. The van der Waals surface area contributed by atoms with Gasteiger partial charge in [0.2, 0.25) is 0 Å². The van der Waals surface area contributed by atoms with Crippen molar-refractivity contribution in [3.8, 4) is 17.1 Å². The molecule has 0 spiro atoms. The number of benzene rings is 2. The summed E-state index contributed by atoms with van der Waals surface area (Å²) in [4.78, 5) is 79.3. The first-order valence-corrected chi connectivity index (χ1v) is 29.6. The summed E-state index contributed by atoms with van der Waals surface area (Å²) >= 11 is 0. The summed E-state index contributed by atoms with van der Waals surface area (Å²) in [7, 11) is 6.16. The van der Waals surface area contributed by atoms with Gasteiger partial charge in [-0.1, -0.05) is 37.5 Å². The van der Waals surface area contributed by atoms with Gasteiger partial charge in [0.25, 0.3) is 12.0 Å². The molecule has 2 aromatic heterocycles. The predicted octanol–water partition coefficient (Wildman–Crippen LogP) is 8.04. The number of carbonyl (C=O) groups is 4. The third kappa shape index (κ3) is 9.44. The highest BCUT2D eigenvalue weighted by molar-refractivity contribution is 5.93. The van der Waals surface area contributed by atoms with Gasteiger partial charge in [-0.3, -0.25) is 19.2 Å². The largest absolute Gasteiger partial charge is 0.458 e. The van der Waals surface area contributed by atoms with E-state index in [9.17, 15) is 34.2 Å². The van der Waals surface area contributed by atoms with Crippen molar-refractivity contribution in [2.75, 3.05) is 52.2 Å². The fourth-order valence-electron chi connectivity index (χ4n) is 16.0. The zero-order valence-corrected chi connectivity index (χ0v) is 47.4. The van der Waals surface area contributed by atoms with Crippen LogP contribution in [0.15, 0.2) is 76.1 Å². The number of allylic oxidation sites excluding steroid dienone is 4. The van der Waals surface area contributed by atoms with Crippen molar-refractivity contribution in [1.29, 1.82) is 0 Å². The molecule has 16 nitrogen and oxygen atoms in total. The van der Waals surface area contributed by atoms with Crippen molar-refractivity contribution < 1.29 is 43.6 Å². The van der Waals surface area contributed by atoms with Crippen LogP contribution in [0.5, 0.6) is 5.75 Å². The maximum Gasteiger partial charge on any atom is 0.343 e. The monoisotopic (exact) mass is 1090 g/mol. The van der Waals surface area contributed by atoms with Crippen LogP contribution in [0.25, 0.3) is 22.3 Å². The quantitative estimate of drug-likeness (QED) is 0.0518. The number of aliphatic hydroxyl groups excluding tert-OH is 1. The molecule has 4 aromatic rings. The zero-order chi connectivity index (χ0) is 55.9. The van der Waals surface area contributed by atoms with Crippen LogP contribution in [0, 0.1) is 17.8 Å². The van der Waals surface area contributed by atoms with Crippen LogP contribution < -0.4 is 15.2 Å². The van der Waals surface area contributed by atoms with Crippen LogP contribution in [0.1, 0.15) is 144 Å². The van der Waals surface area contributed by atoms with Gasteiger partial charge in [0.15, 0.2) is 22.8 Å². The summed E-state index contributed by atoms with van der Waals surface area (Å²) in [6.07, 6.45) is 12.7. The number of ether oxygens (including phenoxy) is 3. The van der Waals surface area contributed by atoms with Crippen LogP contribution in [0.3, 0.4) is 0 Å². The molecule has 0 amide bonds. The molecule has 2 saturated carbocycles. The number of carbonyl (C=O) groups excluding carboxylic acids is 4. The van der Waals surface area contributed by atoms with E-state index in [1.165, 1.54) is 34.9 Å². The highest BCUT2D eigenvalue weighted by Gasteiger charge is 2.60. The van der Waals surface area contributed by atoms with E-state index in [0.29, 0.717) is 48.0 Å². The minimum atomic E-state index is -1.90. The van der Waals surface area contributed by atoms with Crippen LogP contribution in [-0.2, 0) is 53.9 Å². The predicted molar refractivity (Wildman–Crippen MR) is 303 cm³/mol. The smallest absolute Gasteiger partial charge is 0.343 e. The van der Waals surface area contributed by atoms with Crippen LogP contribution in [-0.4, -0.2) is 129 Å². The lowest BCUT2D eigenvalue weighted by Gasteiger charge is -2.49. The Morgan fingerprint density at radius 1 is 0.925 bits per heavy atom. The molecule has 4 aliphatic carbocycles. The molecule has 0 radical (unpaired) electrons. The lowest BCUT2D eigenvalue weighted by molar-refractivity contribution is -0.172. The third-order valence-electron chi connectivity index (χ3n) is 19.9. The number of hydrogen-bond acceptors (Lipinski definition) is 15. The number of likely N-dealkylation sites (tertiary alicyclic amines) is 1. The second kappa shape index (κ2) is 21.4. The van der Waals surface area contributed by atoms with Gasteiger partial charge in [-0.25, -0.2) is 14.7 Å². The van der Waals surface area contributed by atoms with Crippen molar-refractivity contribution >= 4 is 40.1 Å². The fraction of sp³-hybridized carbons (Fsp3) is 0.562. The number of hydrogen-bond donors (Lipinski definition) is 2. The molecule has 12 rings (SSSR count). The molecular formula is C64H78N6O10. The van der Waals surface area contributed by atoms with Gasteiger partial charge in [0.05, 0.1) is 29.0 Å². The second-order valence-corrected chi connectivity index (χ2v) is 24.8. The lowest BCUT2D eigenvalue weighted by Crippen LogP contribution is -2.58. The van der Waals surface area contributed by atoms with Gasteiger partial charge >= 0.3 is 11.9 Å². The van der Waals surface area contributed by atoms with E-state index in [0.717, 1.165) is 113 Å². The number of cyclic esters (lactones) is 1. The standard InChI is InChI=1S/C64H78N6O10/c1-7-63(77)53-31-56-59-41(32-69(56)60(74)52(53)36-78-61(63)75)29-50-51(35-66(4)5)57(23-22-55(50)65-59)79-62(76)70-43-17-18-44(70)34-68(33-43)27-11-9-8-10-26-67(6)42-15-12-39(13-16-42)49-30-54-47(24-25-64(54,37(2)71)80-38(3)72)48-20-14-40-28-45(73)19-21-46(40)58(48)49/h12-13,15-16,22-23,28-29,31,43-44,47-49,54,62,76-77H,7-11,14,17-21,24-27,30,32-36H2,1-6H3/t43?,44?,47-,48-,49+,54?,62?,63-,64-/m0/s1. The number of aromatic nitrogens is 2. The van der Waals surface area contributed by atoms with Crippen molar-refractivity contribution in [3.63, 3.8) is 0 Å². The average Bonchev–Trinajstić information content (AvgIpc) is 4.29. The molecule has 8 aliphatic rings. The van der Waals surface area contributed by atoms with E-state index in [1.807, 2.05) is 32.3 Å². The van der Waals surface area contributed by atoms with Crippen molar-refractivity contribution in [2.24, 2.45) is 17.8 Å². The fourth-order valence-corrected chi connectivity index (χ4v) is 16.0. The second-order valence-electron chi connectivity index (χ2n) is 24.8. The Morgan fingerprint density at radius 2 is 1.69 bits per heavy atom. The molecule has 80 heavy (non-hydrogen) atoms. The third-order valence-corrected chi connectivity index (χ3v) is 19.9. The number of unbranched alkanes of at least 4 members (excludes halogenated alkanes) is 3. The number of nitrogens with zero attached hydrogens (tertiary/aromatic N) is 6. The number of pyridine rings is 2. The Bertz CT molecular complexity index is 3280. The maximum atomic E-state index is 13.8. The molecule has 424 valence electrons. The van der Waals surface area contributed by atoms with Gasteiger partial charge in [-0.15, -0.1) is 0 Å². The van der Waals surface area contributed by atoms with E-state index >= 15 is 0 Å². The number of esters is 2. The highest BCUT2D eigenvalue weighted by atomic mass is 16.6.